The molecular weight excluding hydrogens is 360 g/mol. The second kappa shape index (κ2) is 7.63. The van der Waals surface area contributed by atoms with E-state index in [1.54, 1.807) is 62.4 Å². The summed E-state index contributed by atoms with van der Waals surface area (Å²) in [5.74, 6) is -0.0119. The number of benzene rings is 2. The van der Waals surface area contributed by atoms with Gasteiger partial charge < -0.3 is 0 Å². The largest absolute Gasteiger partial charge is 0.290 e. The third-order valence-corrected chi connectivity index (χ3v) is 5.50. The smallest absolute Gasteiger partial charge is 0.284 e. The highest BCUT2D eigenvalue weighted by atomic mass is 32.2. The molecule has 27 heavy (non-hydrogen) atoms. The Morgan fingerprint density at radius 1 is 0.815 bits per heavy atom. The molecule has 0 spiro atoms. The van der Waals surface area contributed by atoms with Crippen molar-refractivity contribution < 1.29 is 13.2 Å². The van der Waals surface area contributed by atoms with E-state index >= 15 is 0 Å². The maximum Gasteiger partial charge on any atom is 0.284 e. The van der Waals surface area contributed by atoms with Crippen molar-refractivity contribution in [2.24, 2.45) is 9.39 Å². The molecule has 0 heterocycles. The first-order chi connectivity index (χ1) is 12.9. The second-order valence-electron chi connectivity index (χ2n) is 6.01. The summed E-state index contributed by atoms with van der Waals surface area (Å²) in [5, 5.41) is 0. The number of ketones is 1. The fraction of sp³-hybridized carbons (Fsp3) is 0.0952. The first kappa shape index (κ1) is 18.7. The molecule has 136 valence electrons. The van der Waals surface area contributed by atoms with Gasteiger partial charge in [0, 0.05) is 11.1 Å². The highest BCUT2D eigenvalue weighted by Gasteiger charge is 2.18. The van der Waals surface area contributed by atoms with Gasteiger partial charge in [-0.3, -0.25) is 4.79 Å². The normalized spacial score (nSPS) is 16.9. The Hall–Kier alpha value is -3.12. The lowest BCUT2D eigenvalue weighted by atomic mass is 9.97. The second-order valence-corrected chi connectivity index (χ2v) is 7.62. The van der Waals surface area contributed by atoms with E-state index in [-0.39, 0.29) is 16.5 Å². The molecule has 1 aliphatic rings. The van der Waals surface area contributed by atoms with Crippen molar-refractivity contribution in [1.29, 1.82) is 0 Å². The minimum Gasteiger partial charge on any atom is -0.290 e. The van der Waals surface area contributed by atoms with Crippen molar-refractivity contribution in [3.63, 3.8) is 0 Å². The Bertz CT molecular complexity index is 1090. The standard InChI is InChI=1S/C21H18N2O3S/c1-15-16(2)20(24)14-13-19(15)22-21(17-9-5-3-6-10-17)23-27(25,26)18-11-7-4-8-12-18/h3-14H,1-2H3/b22-19?,23-21-. The average Bonchev–Trinajstić information content (AvgIpc) is 2.69. The summed E-state index contributed by atoms with van der Waals surface area (Å²) < 4.78 is 29.4. The summed E-state index contributed by atoms with van der Waals surface area (Å²) in [7, 11) is -3.93. The Balaban J connectivity index is 2.16. The molecule has 0 atom stereocenters. The predicted octanol–water partition coefficient (Wildman–Crippen LogP) is 3.74. The molecule has 0 saturated heterocycles. The van der Waals surface area contributed by atoms with E-state index in [4.69, 9.17) is 0 Å². The molecule has 3 rings (SSSR count). The Kier molecular flexibility index (Phi) is 5.28. The number of aliphatic imine (C=N–C) groups is 1. The molecule has 0 amide bonds. The first-order valence-corrected chi connectivity index (χ1v) is 9.77. The quantitative estimate of drug-likeness (QED) is 0.464. The zero-order valence-corrected chi connectivity index (χ0v) is 15.8. The number of hydrogen-bond acceptors (Lipinski definition) is 3. The first-order valence-electron chi connectivity index (χ1n) is 8.33. The maximum atomic E-state index is 12.7. The van der Waals surface area contributed by atoms with E-state index in [0.29, 0.717) is 22.4 Å². The molecule has 5 nitrogen and oxygen atoms in total. The lowest BCUT2D eigenvalue weighted by molar-refractivity contribution is -0.111. The van der Waals surface area contributed by atoms with Crippen LogP contribution in [0.1, 0.15) is 19.4 Å². The molecule has 0 unspecified atom stereocenters. The van der Waals surface area contributed by atoms with Crippen molar-refractivity contribution >= 4 is 27.4 Å². The van der Waals surface area contributed by atoms with Crippen LogP contribution in [0.5, 0.6) is 0 Å². The van der Waals surface area contributed by atoms with Crippen molar-refractivity contribution in [2.75, 3.05) is 0 Å². The molecule has 0 fully saturated rings. The van der Waals surface area contributed by atoms with E-state index in [9.17, 15) is 13.2 Å². The van der Waals surface area contributed by atoms with Gasteiger partial charge in [0.05, 0.1) is 10.6 Å². The number of rotatable bonds is 3. The Labute approximate surface area is 158 Å². The molecule has 0 saturated carbocycles. The minimum atomic E-state index is -3.93. The number of allylic oxidation sites excluding steroid dienone is 4. The molecule has 2 aromatic rings. The topological polar surface area (TPSA) is 75.9 Å². The van der Waals surface area contributed by atoms with Gasteiger partial charge in [-0.1, -0.05) is 48.5 Å². The van der Waals surface area contributed by atoms with Gasteiger partial charge in [0.15, 0.2) is 11.6 Å². The Morgan fingerprint density at radius 2 is 1.41 bits per heavy atom. The number of hydrogen-bond donors (Lipinski definition) is 0. The van der Waals surface area contributed by atoms with Gasteiger partial charge in [-0.05, 0) is 43.7 Å². The van der Waals surface area contributed by atoms with Crippen LogP contribution in [0.25, 0.3) is 0 Å². The molecule has 2 aromatic carbocycles. The highest BCUT2D eigenvalue weighted by Crippen LogP contribution is 2.18. The number of carbonyl (C=O) groups excluding carboxylic acids is 1. The number of amidine groups is 1. The minimum absolute atomic E-state index is 0.0700. The van der Waals surface area contributed by atoms with Crippen molar-refractivity contribution in [3.8, 4) is 0 Å². The van der Waals surface area contributed by atoms with Crippen LogP contribution in [0.4, 0.5) is 0 Å². The van der Waals surface area contributed by atoms with Gasteiger partial charge in [0.2, 0.25) is 0 Å². The lowest BCUT2D eigenvalue weighted by Gasteiger charge is -2.11. The lowest BCUT2D eigenvalue weighted by Crippen LogP contribution is -2.14. The van der Waals surface area contributed by atoms with Crippen LogP contribution >= 0.6 is 0 Å². The molecule has 6 heteroatoms. The molecule has 0 bridgehead atoms. The summed E-state index contributed by atoms with van der Waals surface area (Å²) in [6, 6.07) is 16.9. The Morgan fingerprint density at radius 3 is 2.04 bits per heavy atom. The molecule has 0 aromatic heterocycles. The van der Waals surface area contributed by atoms with Crippen molar-refractivity contribution in [1.82, 2.24) is 0 Å². The third-order valence-electron chi connectivity index (χ3n) is 4.21. The van der Waals surface area contributed by atoms with Gasteiger partial charge in [-0.2, -0.15) is 8.42 Å². The van der Waals surface area contributed by atoms with Gasteiger partial charge in [-0.15, -0.1) is 4.40 Å². The summed E-state index contributed by atoms with van der Waals surface area (Å²) >= 11 is 0. The van der Waals surface area contributed by atoms with Crippen LogP contribution in [0.15, 0.2) is 98.2 Å². The summed E-state index contributed by atoms with van der Waals surface area (Å²) in [6.45, 7) is 3.50. The monoisotopic (exact) mass is 378 g/mol. The van der Waals surface area contributed by atoms with E-state index in [0.717, 1.165) is 0 Å². The van der Waals surface area contributed by atoms with Crippen LogP contribution in [0, 0.1) is 0 Å². The van der Waals surface area contributed by atoms with Gasteiger partial charge in [-0.25, -0.2) is 4.99 Å². The highest BCUT2D eigenvalue weighted by molar-refractivity contribution is 7.90. The zero-order chi connectivity index (χ0) is 19.4. The van der Waals surface area contributed by atoms with E-state index in [1.807, 2.05) is 6.07 Å². The summed E-state index contributed by atoms with van der Waals surface area (Å²) in [4.78, 5) is 16.4. The summed E-state index contributed by atoms with van der Waals surface area (Å²) in [6.07, 6.45) is 3.01. The molecule has 1 aliphatic carbocycles. The van der Waals surface area contributed by atoms with Gasteiger partial charge in [0.1, 0.15) is 0 Å². The van der Waals surface area contributed by atoms with E-state index < -0.39 is 10.0 Å². The fourth-order valence-electron chi connectivity index (χ4n) is 2.50. The predicted molar refractivity (Wildman–Crippen MR) is 107 cm³/mol. The van der Waals surface area contributed by atoms with Crippen LogP contribution in [-0.4, -0.2) is 25.7 Å². The van der Waals surface area contributed by atoms with Crippen molar-refractivity contribution in [2.45, 2.75) is 18.7 Å². The fourth-order valence-corrected chi connectivity index (χ4v) is 3.48. The molecular formula is C21H18N2O3S. The van der Waals surface area contributed by atoms with Gasteiger partial charge in [0.25, 0.3) is 10.0 Å². The average molecular weight is 378 g/mol. The van der Waals surface area contributed by atoms with Crippen LogP contribution in [0.3, 0.4) is 0 Å². The molecule has 0 N–H and O–H groups in total. The zero-order valence-electron chi connectivity index (χ0n) is 15.0. The van der Waals surface area contributed by atoms with Crippen LogP contribution < -0.4 is 0 Å². The van der Waals surface area contributed by atoms with E-state index in [1.165, 1.54) is 18.2 Å². The van der Waals surface area contributed by atoms with Crippen LogP contribution in [-0.2, 0) is 14.8 Å². The molecule has 0 aliphatic heterocycles. The number of nitrogens with zero attached hydrogens (tertiary/aromatic N) is 2. The number of carbonyl (C=O) groups is 1. The van der Waals surface area contributed by atoms with E-state index in [2.05, 4.69) is 9.39 Å². The maximum absolute atomic E-state index is 12.7. The number of sulfonamides is 1. The van der Waals surface area contributed by atoms with Crippen LogP contribution in [0.2, 0.25) is 0 Å². The third kappa shape index (κ3) is 4.17. The molecule has 0 radical (unpaired) electrons. The SMILES string of the molecule is CC1=C(C)C(=N/C(=N\S(=O)(=O)c2ccccc2)c2ccccc2)C=CC1=O. The van der Waals surface area contributed by atoms with Crippen molar-refractivity contribution in [3.05, 3.63) is 89.5 Å². The van der Waals surface area contributed by atoms with Gasteiger partial charge >= 0.3 is 0 Å². The summed E-state index contributed by atoms with van der Waals surface area (Å²) in [5.41, 5.74) is 2.36.